The quantitative estimate of drug-likeness (QED) is 0.809. The van der Waals surface area contributed by atoms with E-state index in [1.165, 1.54) is 43.7 Å². The second-order valence-electron chi connectivity index (χ2n) is 5.23. The zero-order valence-corrected chi connectivity index (χ0v) is 12.0. The first-order valence-electron chi connectivity index (χ1n) is 6.88. The van der Waals surface area contributed by atoms with Crippen LogP contribution in [0.5, 0.6) is 0 Å². The van der Waals surface area contributed by atoms with Gasteiger partial charge in [-0.1, -0.05) is 0 Å². The number of nitrogens with zero attached hydrogens (tertiary/aromatic N) is 1. The Morgan fingerprint density at radius 3 is 3.06 bits per heavy atom. The van der Waals surface area contributed by atoms with Gasteiger partial charge in [-0.3, -0.25) is 0 Å². The molecule has 3 nitrogen and oxygen atoms in total. The Hall–Kier alpha value is 0.230. The molecule has 1 N–H and O–H groups in total. The number of hydrogen-bond donors (Lipinski definition) is 1. The van der Waals surface area contributed by atoms with Gasteiger partial charge in [0.2, 0.25) is 0 Å². The molecular weight excluding hydrogens is 232 g/mol. The topological polar surface area (TPSA) is 24.5 Å². The summed E-state index contributed by atoms with van der Waals surface area (Å²) >= 11 is 2.10. The molecule has 0 spiro atoms. The van der Waals surface area contributed by atoms with Crippen molar-refractivity contribution in [1.29, 1.82) is 0 Å². The first kappa shape index (κ1) is 13.7. The van der Waals surface area contributed by atoms with Crippen LogP contribution in [0.1, 0.15) is 25.7 Å². The average molecular weight is 258 g/mol. The van der Waals surface area contributed by atoms with Crippen molar-refractivity contribution >= 4 is 11.8 Å². The molecule has 0 aromatic heterocycles. The van der Waals surface area contributed by atoms with Gasteiger partial charge >= 0.3 is 0 Å². The summed E-state index contributed by atoms with van der Waals surface area (Å²) in [6.07, 6.45) is 5.53. The van der Waals surface area contributed by atoms with Crippen LogP contribution in [0.4, 0.5) is 0 Å². The summed E-state index contributed by atoms with van der Waals surface area (Å²) in [5.74, 6) is 2.56. The molecule has 17 heavy (non-hydrogen) atoms. The van der Waals surface area contributed by atoms with Gasteiger partial charge in [-0.05, 0) is 39.8 Å². The Kier molecular flexibility index (Phi) is 5.60. The molecule has 0 bridgehead atoms. The van der Waals surface area contributed by atoms with Gasteiger partial charge in [-0.25, -0.2) is 0 Å². The molecule has 0 aromatic rings. The molecule has 4 heteroatoms. The smallest absolute Gasteiger partial charge is 0.0576 e. The Balaban J connectivity index is 1.77. The molecule has 2 heterocycles. The van der Waals surface area contributed by atoms with Crippen LogP contribution in [0.25, 0.3) is 0 Å². The number of rotatable bonds is 5. The standard InChI is InChI=1S/C13H26N2OS/c1-14-12(6-5-11-4-3-8-16-11)13-10-17-9-7-15(13)2/h11-14H,3-10H2,1-2H3. The van der Waals surface area contributed by atoms with Gasteiger partial charge in [0, 0.05) is 36.7 Å². The van der Waals surface area contributed by atoms with E-state index in [4.69, 9.17) is 4.74 Å². The summed E-state index contributed by atoms with van der Waals surface area (Å²) in [6, 6.07) is 1.32. The van der Waals surface area contributed by atoms with E-state index in [2.05, 4.69) is 36.1 Å². The first-order chi connectivity index (χ1) is 8.31. The van der Waals surface area contributed by atoms with Crippen LogP contribution in [0.3, 0.4) is 0 Å². The molecule has 3 atom stereocenters. The summed E-state index contributed by atoms with van der Waals surface area (Å²) in [6.45, 7) is 2.21. The molecule has 2 aliphatic rings. The molecule has 2 rings (SSSR count). The minimum absolute atomic E-state index is 0.535. The number of thioether (sulfide) groups is 1. The fourth-order valence-corrected chi connectivity index (χ4v) is 4.21. The van der Waals surface area contributed by atoms with E-state index < -0.39 is 0 Å². The van der Waals surface area contributed by atoms with Crippen LogP contribution in [-0.4, -0.2) is 61.8 Å². The van der Waals surface area contributed by atoms with Crippen LogP contribution >= 0.6 is 11.8 Å². The lowest BCUT2D eigenvalue weighted by Crippen LogP contribution is -2.52. The highest BCUT2D eigenvalue weighted by atomic mass is 32.2. The predicted molar refractivity (Wildman–Crippen MR) is 74.8 cm³/mol. The largest absolute Gasteiger partial charge is 0.378 e. The minimum atomic E-state index is 0.535. The zero-order valence-electron chi connectivity index (χ0n) is 11.2. The van der Waals surface area contributed by atoms with Crippen molar-refractivity contribution in [3.63, 3.8) is 0 Å². The van der Waals surface area contributed by atoms with Crippen molar-refractivity contribution in [2.24, 2.45) is 0 Å². The Bertz CT molecular complexity index is 221. The summed E-state index contributed by atoms with van der Waals surface area (Å²) in [4.78, 5) is 2.52. The van der Waals surface area contributed by atoms with Crippen molar-refractivity contribution in [2.45, 2.75) is 43.9 Å². The molecule has 2 saturated heterocycles. The molecular formula is C13H26N2OS. The molecule has 100 valence electrons. The summed E-state index contributed by atoms with van der Waals surface area (Å²) in [5.41, 5.74) is 0. The van der Waals surface area contributed by atoms with Gasteiger partial charge < -0.3 is 15.0 Å². The average Bonchev–Trinajstić information content (AvgIpc) is 2.85. The maximum atomic E-state index is 5.72. The van der Waals surface area contributed by atoms with Gasteiger partial charge in [0.1, 0.15) is 0 Å². The summed E-state index contributed by atoms with van der Waals surface area (Å²) in [5, 5.41) is 3.52. The molecule has 0 aliphatic carbocycles. The maximum absolute atomic E-state index is 5.72. The van der Waals surface area contributed by atoms with E-state index in [0.29, 0.717) is 18.2 Å². The van der Waals surface area contributed by atoms with Crippen molar-refractivity contribution in [3.8, 4) is 0 Å². The highest BCUT2D eigenvalue weighted by Gasteiger charge is 2.28. The highest BCUT2D eigenvalue weighted by Crippen LogP contribution is 2.23. The highest BCUT2D eigenvalue weighted by molar-refractivity contribution is 7.99. The number of nitrogens with one attached hydrogen (secondary N) is 1. The van der Waals surface area contributed by atoms with Crippen LogP contribution in [0.2, 0.25) is 0 Å². The molecule has 0 aromatic carbocycles. The molecule has 3 unspecified atom stereocenters. The van der Waals surface area contributed by atoms with Gasteiger partial charge in [-0.2, -0.15) is 11.8 Å². The van der Waals surface area contributed by atoms with Crippen molar-refractivity contribution in [3.05, 3.63) is 0 Å². The lowest BCUT2D eigenvalue weighted by Gasteiger charge is -2.38. The fraction of sp³-hybridized carbons (Fsp3) is 1.00. The molecule has 0 amide bonds. The zero-order chi connectivity index (χ0) is 12.1. The third-order valence-electron chi connectivity index (χ3n) is 4.10. The minimum Gasteiger partial charge on any atom is -0.378 e. The third kappa shape index (κ3) is 3.85. The second kappa shape index (κ2) is 6.98. The Morgan fingerprint density at radius 1 is 1.53 bits per heavy atom. The van der Waals surface area contributed by atoms with Gasteiger partial charge in [0.15, 0.2) is 0 Å². The molecule has 0 saturated carbocycles. The van der Waals surface area contributed by atoms with Crippen LogP contribution in [0, 0.1) is 0 Å². The van der Waals surface area contributed by atoms with E-state index in [1.54, 1.807) is 0 Å². The van der Waals surface area contributed by atoms with Crippen LogP contribution in [0.15, 0.2) is 0 Å². The normalized spacial score (nSPS) is 32.8. The summed E-state index contributed by atoms with van der Waals surface area (Å²) in [7, 11) is 4.37. The van der Waals surface area contributed by atoms with Gasteiger partial charge in [-0.15, -0.1) is 0 Å². The van der Waals surface area contributed by atoms with Crippen molar-refractivity contribution < 1.29 is 4.74 Å². The van der Waals surface area contributed by atoms with E-state index in [9.17, 15) is 0 Å². The van der Waals surface area contributed by atoms with E-state index >= 15 is 0 Å². The van der Waals surface area contributed by atoms with Gasteiger partial charge in [0.05, 0.1) is 6.10 Å². The Labute approximate surface area is 110 Å². The monoisotopic (exact) mass is 258 g/mol. The fourth-order valence-electron chi connectivity index (χ4n) is 2.90. The SMILES string of the molecule is CNC(CCC1CCCO1)C1CSCCN1C. The summed E-state index contributed by atoms with van der Waals surface area (Å²) < 4.78 is 5.72. The molecule has 0 radical (unpaired) electrons. The van der Waals surface area contributed by atoms with Crippen LogP contribution < -0.4 is 5.32 Å². The lowest BCUT2D eigenvalue weighted by molar-refractivity contribution is 0.0952. The van der Waals surface area contributed by atoms with Crippen molar-refractivity contribution in [1.82, 2.24) is 10.2 Å². The van der Waals surface area contributed by atoms with E-state index in [0.717, 1.165) is 6.61 Å². The third-order valence-corrected chi connectivity index (χ3v) is 5.15. The number of ether oxygens (including phenoxy) is 1. The number of likely N-dealkylation sites (N-methyl/N-ethyl adjacent to an activating group) is 2. The predicted octanol–water partition coefficient (Wildman–Crippen LogP) is 1.58. The Morgan fingerprint density at radius 2 is 2.41 bits per heavy atom. The molecule has 2 aliphatic heterocycles. The first-order valence-corrected chi connectivity index (χ1v) is 8.03. The lowest BCUT2D eigenvalue weighted by atomic mass is 10.00. The van der Waals surface area contributed by atoms with Crippen LogP contribution in [-0.2, 0) is 4.74 Å². The molecule has 2 fully saturated rings. The van der Waals surface area contributed by atoms with Crippen molar-refractivity contribution in [2.75, 3.05) is 38.8 Å². The van der Waals surface area contributed by atoms with E-state index in [1.807, 2.05) is 0 Å². The maximum Gasteiger partial charge on any atom is 0.0576 e. The van der Waals surface area contributed by atoms with E-state index in [-0.39, 0.29) is 0 Å². The number of hydrogen-bond acceptors (Lipinski definition) is 4. The second-order valence-corrected chi connectivity index (χ2v) is 6.38. The van der Waals surface area contributed by atoms with Gasteiger partial charge in [0.25, 0.3) is 0 Å².